The SMILES string of the molecule is Cc1ccc(-c2cccc(-c3nc(-c4ccc(-c5ccccc5)c(-c5ccccc5)c4)nc(-c4ccc(-c5ccccc5)c(-c5ccccc5)c4)n3)c2)c(C)n1. The lowest BCUT2D eigenvalue weighted by Crippen LogP contribution is -2.01. The molecule has 2 heterocycles. The van der Waals surface area contributed by atoms with Gasteiger partial charge in [-0.2, -0.15) is 0 Å². The molecule has 9 aromatic rings. The predicted octanol–water partition coefficient (Wildman–Crippen LogP) is 13.2. The first-order valence-electron chi connectivity index (χ1n) is 18.9. The topological polar surface area (TPSA) is 51.6 Å². The van der Waals surface area contributed by atoms with Crippen molar-refractivity contribution >= 4 is 0 Å². The van der Waals surface area contributed by atoms with Crippen LogP contribution >= 0.6 is 0 Å². The van der Waals surface area contributed by atoms with Crippen LogP contribution in [0, 0.1) is 13.8 Å². The zero-order valence-corrected chi connectivity index (χ0v) is 31.3. The Kier molecular flexibility index (Phi) is 9.36. The molecule has 0 unspecified atom stereocenters. The lowest BCUT2D eigenvalue weighted by atomic mass is 9.92. The van der Waals surface area contributed by atoms with Crippen LogP contribution in [0.4, 0.5) is 0 Å². The average Bonchev–Trinajstić information content (AvgIpc) is 3.27. The number of pyridine rings is 1. The van der Waals surface area contributed by atoms with Gasteiger partial charge in [-0.15, -0.1) is 0 Å². The second kappa shape index (κ2) is 15.2. The number of hydrogen-bond acceptors (Lipinski definition) is 4. The third kappa shape index (κ3) is 7.04. The van der Waals surface area contributed by atoms with E-state index in [9.17, 15) is 0 Å². The standard InChI is InChI=1S/C52H38N4/c1-35-26-29-45(36(2)53-35)41-24-15-25-42(32-41)50-54-51(43-27-30-46(37-16-7-3-8-17-37)48(33-43)39-20-11-5-12-21-39)56-52(55-50)44-28-31-47(38-18-9-4-10-19-38)49(34-44)40-22-13-6-14-23-40/h3-34H,1-2H3. The highest BCUT2D eigenvalue weighted by Gasteiger charge is 2.18. The molecule has 7 aromatic carbocycles. The molecule has 56 heavy (non-hydrogen) atoms. The van der Waals surface area contributed by atoms with Gasteiger partial charge in [-0.05, 0) is 88.2 Å². The molecule has 9 rings (SSSR count). The first-order valence-corrected chi connectivity index (χ1v) is 18.9. The maximum Gasteiger partial charge on any atom is 0.164 e. The third-order valence-electron chi connectivity index (χ3n) is 10.2. The lowest BCUT2D eigenvalue weighted by Gasteiger charge is -2.15. The highest BCUT2D eigenvalue weighted by atomic mass is 15.0. The largest absolute Gasteiger partial charge is 0.258 e. The number of nitrogens with zero attached hydrogens (tertiary/aromatic N) is 4. The minimum atomic E-state index is 0.603. The molecular formula is C52H38N4. The monoisotopic (exact) mass is 718 g/mol. The molecule has 0 N–H and O–H groups in total. The summed E-state index contributed by atoms with van der Waals surface area (Å²) in [5, 5.41) is 0. The smallest absolute Gasteiger partial charge is 0.164 e. The maximum atomic E-state index is 5.25. The Labute approximate surface area is 327 Å². The van der Waals surface area contributed by atoms with Gasteiger partial charge in [0.05, 0.1) is 0 Å². The first-order chi connectivity index (χ1) is 27.6. The van der Waals surface area contributed by atoms with Crippen LogP contribution in [-0.2, 0) is 0 Å². The van der Waals surface area contributed by atoms with Crippen molar-refractivity contribution in [3.8, 4) is 89.8 Å². The number of benzene rings is 7. The molecule has 0 fully saturated rings. The Morgan fingerprint density at radius 3 is 1.04 bits per heavy atom. The summed E-state index contributed by atoms with van der Waals surface area (Å²) in [6.45, 7) is 4.08. The van der Waals surface area contributed by atoms with E-state index >= 15 is 0 Å². The van der Waals surface area contributed by atoms with Gasteiger partial charge in [0.1, 0.15) is 0 Å². The molecule has 0 saturated heterocycles. The molecule has 0 saturated carbocycles. The summed E-state index contributed by atoms with van der Waals surface area (Å²) in [6.07, 6.45) is 0. The zero-order valence-electron chi connectivity index (χ0n) is 31.3. The van der Waals surface area contributed by atoms with Gasteiger partial charge in [0.15, 0.2) is 17.5 Å². The van der Waals surface area contributed by atoms with Crippen molar-refractivity contribution in [2.24, 2.45) is 0 Å². The van der Waals surface area contributed by atoms with Crippen molar-refractivity contribution in [3.63, 3.8) is 0 Å². The molecule has 0 aliphatic heterocycles. The number of rotatable bonds is 8. The number of hydrogen-bond donors (Lipinski definition) is 0. The quantitative estimate of drug-likeness (QED) is 0.157. The van der Waals surface area contributed by atoms with Crippen LogP contribution in [-0.4, -0.2) is 19.9 Å². The van der Waals surface area contributed by atoms with E-state index in [1.807, 2.05) is 6.92 Å². The summed E-state index contributed by atoms with van der Waals surface area (Å²) in [6, 6.07) is 67.8. The summed E-state index contributed by atoms with van der Waals surface area (Å²) < 4.78 is 0. The van der Waals surface area contributed by atoms with E-state index in [0.29, 0.717) is 17.5 Å². The fourth-order valence-corrected chi connectivity index (χ4v) is 7.40. The van der Waals surface area contributed by atoms with Crippen LogP contribution in [0.3, 0.4) is 0 Å². The van der Waals surface area contributed by atoms with E-state index in [-0.39, 0.29) is 0 Å². The van der Waals surface area contributed by atoms with Crippen LogP contribution in [0.15, 0.2) is 194 Å². The van der Waals surface area contributed by atoms with Crippen molar-refractivity contribution in [1.82, 2.24) is 19.9 Å². The molecule has 266 valence electrons. The normalized spacial score (nSPS) is 11.0. The molecule has 4 heteroatoms. The molecule has 0 aliphatic carbocycles. The van der Waals surface area contributed by atoms with Gasteiger partial charge in [-0.3, -0.25) is 4.98 Å². The minimum absolute atomic E-state index is 0.603. The van der Waals surface area contributed by atoms with Gasteiger partial charge in [0.25, 0.3) is 0 Å². The Morgan fingerprint density at radius 1 is 0.250 bits per heavy atom. The Morgan fingerprint density at radius 2 is 0.607 bits per heavy atom. The van der Waals surface area contributed by atoms with Crippen LogP contribution in [0.25, 0.3) is 89.8 Å². The van der Waals surface area contributed by atoms with Crippen molar-refractivity contribution in [1.29, 1.82) is 0 Å². The second-order valence-corrected chi connectivity index (χ2v) is 14.0. The molecule has 0 atom stereocenters. The van der Waals surface area contributed by atoms with Crippen LogP contribution in [0.1, 0.15) is 11.4 Å². The zero-order chi connectivity index (χ0) is 37.8. The summed E-state index contributed by atoms with van der Waals surface area (Å²) in [5.74, 6) is 1.81. The first kappa shape index (κ1) is 34.5. The van der Waals surface area contributed by atoms with Crippen molar-refractivity contribution in [2.75, 3.05) is 0 Å². The van der Waals surface area contributed by atoms with Crippen molar-refractivity contribution in [2.45, 2.75) is 13.8 Å². The van der Waals surface area contributed by atoms with E-state index in [1.165, 1.54) is 0 Å². The molecule has 4 nitrogen and oxygen atoms in total. The Bertz CT molecular complexity index is 2650. The molecule has 2 aromatic heterocycles. The molecular weight excluding hydrogens is 681 g/mol. The fraction of sp³-hybridized carbons (Fsp3) is 0.0385. The average molecular weight is 719 g/mol. The van der Waals surface area contributed by atoms with Gasteiger partial charge in [-0.25, -0.2) is 15.0 Å². The minimum Gasteiger partial charge on any atom is -0.258 e. The van der Waals surface area contributed by atoms with E-state index in [1.54, 1.807) is 0 Å². The van der Waals surface area contributed by atoms with Gasteiger partial charge in [0.2, 0.25) is 0 Å². The summed E-state index contributed by atoms with van der Waals surface area (Å²) >= 11 is 0. The molecule has 0 radical (unpaired) electrons. The summed E-state index contributed by atoms with van der Waals surface area (Å²) in [7, 11) is 0. The Balaban J connectivity index is 1.25. The van der Waals surface area contributed by atoms with Gasteiger partial charge >= 0.3 is 0 Å². The molecule has 0 aliphatic rings. The van der Waals surface area contributed by atoms with E-state index in [0.717, 1.165) is 83.7 Å². The van der Waals surface area contributed by atoms with E-state index < -0.39 is 0 Å². The maximum absolute atomic E-state index is 5.25. The lowest BCUT2D eigenvalue weighted by molar-refractivity contribution is 1.07. The molecule has 0 bridgehead atoms. The van der Waals surface area contributed by atoms with Crippen molar-refractivity contribution < 1.29 is 0 Å². The molecule has 0 spiro atoms. The Hall–Kier alpha value is -7.30. The van der Waals surface area contributed by atoms with Gasteiger partial charge in [-0.1, -0.05) is 170 Å². The number of aromatic nitrogens is 4. The van der Waals surface area contributed by atoms with Crippen LogP contribution < -0.4 is 0 Å². The van der Waals surface area contributed by atoms with Gasteiger partial charge in [0, 0.05) is 33.6 Å². The highest BCUT2D eigenvalue weighted by Crippen LogP contribution is 2.38. The van der Waals surface area contributed by atoms with Crippen molar-refractivity contribution in [3.05, 3.63) is 206 Å². The van der Waals surface area contributed by atoms with Gasteiger partial charge < -0.3 is 0 Å². The highest BCUT2D eigenvalue weighted by molar-refractivity contribution is 5.88. The summed E-state index contributed by atoms with van der Waals surface area (Å²) in [5.41, 5.74) is 15.9. The fourth-order valence-electron chi connectivity index (χ4n) is 7.40. The molecule has 0 amide bonds. The summed E-state index contributed by atoms with van der Waals surface area (Å²) in [4.78, 5) is 20.4. The second-order valence-electron chi connectivity index (χ2n) is 14.0. The van der Waals surface area contributed by atoms with Crippen LogP contribution in [0.2, 0.25) is 0 Å². The third-order valence-corrected chi connectivity index (χ3v) is 10.2. The van der Waals surface area contributed by atoms with E-state index in [2.05, 4.69) is 201 Å². The van der Waals surface area contributed by atoms with E-state index in [4.69, 9.17) is 19.9 Å². The van der Waals surface area contributed by atoms with Crippen LogP contribution in [0.5, 0.6) is 0 Å². The number of aryl methyl sites for hydroxylation is 2. The predicted molar refractivity (Wildman–Crippen MR) is 231 cm³/mol.